The smallest absolute Gasteiger partial charge is 0.0306 e. The maximum absolute atomic E-state index is 5.99. The second-order valence-corrected chi connectivity index (χ2v) is 5.34. The van der Waals surface area contributed by atoms with E-state index >= 15 is 0 Å². The number of hydrogen-bond acceptors (Lipinski definition) is 2. The molecular formula is C13H28N2. The summed E-state index contributed by atoms with van der Waals surface area (Å²) in [7, 11) is 0. The fourth-order valence-electron chi connectivity index (χ4n) is 2.85. The predicted molar refractivity (Wildman–Crippen MR) is 67.0 cm³/mol. The van der Waals surface area contributed by atoms with E-state index < -0.39 is 0 Å². The van der Waals surface area contributed by atoms with Crippen LogP contribution in [0.1, 0.15) is 59.3 Å². The fourth-order valence-corrected chi connectivity index (χ4v) is 2.85. The lowest BCUT2D eigenvalue weighted by molar-refractivity contribution is 0.0922. The van der Waals surface area contributed by atoms with Crippen LogP contribution in [0.5, 0.6) is 0 Å². The molecule has 0 aliphatic carbocycles. The molecule has 1 heterocycles. The maximum atomic E-state index is 5.99. The summed E-state index contributed by atoms with van der Waals surface area (Å²) < 4.78 is 0. The van der Waals surface area contributed by atoms with Crippen molar-refractivity contribution in [1.82, 2.24) is 4.90 Å². The average molecular weight is 212 g/mol. The average Bonchev–Trinajstić information content (AvgIpc) is 2.65. The van der Waals surface area contributed by atoms with E-state index in [4.69, 9.17) is 5.73 Å². The lowest BCUT2D eigenvalue weighted by Crippen LogP contribution is -2.52. The Balaban J connectivity index is 2.50. The summed E-state index contributed by atoms with van der Waals surface area (Å²) in [5, 5.41) is 0. The summed E-state index contributed by atoms with van der Waals surface area (Å²) in [6, 6.07) is 0.736. The lowest BCUT2D eigenvalue weighted by atomic mass is 9.91. The van der Waals surface area contributed by atoms with Crippen molar-refractivity contribution in [2.75, 3.05) is 13.1 Å². The van der Waals surface area contributed by atoms with E-state index in [0.717, 1.165) is 12.6 Å². The Labute approximate surface area is 95.2 Å². The Morgan fingerprint density at radius 2 is 2.13 bits per heavy atom. The van der Waals surface area contributed by atoms with E-state index in [2.05, 4.69) is 25.7 Å². The molecule has 0 radical (unpaired) electrons. The van der Waals surface area contributed by atoms with Crippen molar-refractivity contribution in [2.45, 2.75) is 70.9 Å². The van der Waals surface area contributed by atoms with Crippen LogP contribution in [0.3, 0.4) is 0 Å². The molecule has 2 unspecified atom stereocenters. The molecule has 0 amide bonds. The van der Waals surface area contributed by atoms with Gasteiger partial charge in [0.1, 0.15) is 0 Å². The minimum absolute atomic E-state index is 0.255. The second-order valence-electron chi connectivity index (χ2n) is 5.34. The lowest BCUT2D eigenvalue weighted by Gasteiger charge is -2.41. The normalized spacial score (nSPS) is 26.8. The van der Waals surface area contributed by atoms with Crippen molar-refractivity contribution in [3.63, 3.8) is 0 Å². The van der Waals surface area contributed by atoms with E-state index in [-0.39, 0.29) is 5.54 Å². The molecule has 2 nitrogen and oxygen atoms in total. The van der Waals surface area contributed by atoms with Crippen LogP contribution in [0.4, 0.5) is 0 Å². The van der Waals surface area contributed by atoms with Crippen LogP contribution in [-0.4, -0.2) is 29.6 Å². The Bertz CT molecular complexity index is 181. The van der Waals surface area contributed by atoms with Crippen LogP contribution < -0.4 is 5.73 Å². The van der Waals surface area contributed by atoms with Gasteiger partial charge in [-0.1, -0.05) is 26.2 Å². The van der Waals surface area contributed by atoms with Gasteiger partial charge in [0, 0.05) is 18.1 Å². The van der Waals surface area contributed by atoms with Gasteiger partial charge in [-0.25, -0.2) is 0 Å². The Morgan fingerprint density at radius 1 is 1.40 bits per heavy atom. The van der Waals surface area contributed by atoms with Crippen molar-refractivity contribution < 1.29 is 0 Å². The predicted octanol–water partition coefficient (Wildman–Crippen LogP) is 2.77. The second kappa shape index (κ2) is 5.86. The van der Waals surface area contributed by atoms with Gasteiger partial charge in [0.25, 0.3) is 0 Å². The largest absolute Gasteiger partial charge is 0.329 e. The molecule has 0 aromatic carbocycles. The summed E-state index contributed by atoms with van der Waals surface area (Å²) in [6.07, 6.45) is 7.94. The molecule has 1 aliphatic rings. The Kier molecular flexibility index (Phi) is 5.07. The minimum atomic E-state index is 0.255. The Hall–Kier alpha value is -0.0800. The molecular weight excluding hydrogens is 184 g/mol. The molecule has 1 fully saturated rings. The van der Waals surface area contributed by atoms with E-state index in [1.54, 1.807) is 0 Å². The van der Waals surface area contributed by atoms with Crippen LogP contribution in [0, 0.1) is 0 Å². The molecule has 2 N–H and O–H groups in total. The summed E-state index contributed by atoms with van der Waals surface area (Å²) in [5.74, 6) is 0. The quantitative estimate of drug-likeness (QED) is 0.686. The van der Waals surface area contributed by atoms with Gasteiger partial charge in [-0.3, -0.25) is 4.90 Å². The molecule has 90 valence electrons. The van der Waals surface area contributed by atoms with Gasteiger partial charge in [-0.05, 0) is 39.7 Å². The molecule has 1 rings (SSSR count). The molecule has 0 aromatic heterocycles. The highest BCUT2D eigenvalue weighted by atomic mass is 15.2. The van der Waals surface area contributed by atoms with Gasteiger partial charge in [-0.2, -0.15) is 0 Å². The molecule has 2 atom stereocenters. The van der Waals surface area contributed by atoms with Gasteiger partial charge >= 0.3 is 0 Å². The highest BCUT2D eigenvalue weighted by molar-refractivity contribution is 4.93. The van der Waals surface area contributed by atoms with Crippen LogP contribution >= 0.6 is 0 Å². The molecule has 0 bridgehead atoms. The molecule has 1 saturated heterocycles. The van der Waals surface area contributed by atoms with Gasteiger partial charge in [0.05, 0.1) is 0 Å². The van der Waals surface area contributed by atoms with Crippen molar-refractivity contribution in [2.24, 2.45) is 5.73 Å². The fraction of sp³-hybridized carbons (Fsp3) is 1.00. The summed E-state index contributed by atoms with van der Waals surface area (Å²) in [6.45, 7) is 9.02. The topological polar surface area (TPSA) is 29.3 Å². The summed E-state index contributed by atoms with van der Waals surface area (Å²) in [4.78, 5) is 2.64. The van der Waals surface area contributed by atoms with Crippen molar-refractivity contribution in [3.8, 4) is 0 Å². The zero-order valence-electron chi connectivity index (χ0n) is 10.8. The standard InChI is InChI=1S/C13H28N2/c1-4-5-6-9-13(3,11-14)15-10-7-8-12(15)2/h12H,4-11,14H2,1-3H3. The van der Waals surface area contributed by atoms with Gasteiger partial charge in [0.15, 0.2) is 0 Å². The first-order valence-corrected chi connectivity index (χ1v) is 6.61. The number of unbranched alkanes of at least 4 members (excludes halogenated alkanes) is 2. The zero-order valence-corrected chi connectivity index (χ0v) is 10.8. The highest BCUT2D eigenvalue weighted by Crippen LogP contribution is 2.29. The van der Waals surface area contributed by atoms with Crippen LogP contribution in [0.2, 0.25) is 0 Å². The van der Waals surface area contributed by atoms with Crippen molar-refractivity contribution in [3.05, 3.63) is 0 Å². The third-order valence-corrected chi connectivity index (χ3v) is 4.01. The molecule has 0 spiro atoms. The first-order chi connectivity index (χ1) is 7.14. The molecule has 1 aliphatic heterocycles. The third-order valence-electron chi connectivity index (χ3n) is 4.01. The van der Waals surface area contributed by atoms with Crippen LogP contribution in [0.25, 0.3) is 0 Å². The van der Waals surface area contributed by atoms with E-state index in [0.29, 0.717) is 0 Å². The third kappa shape index (κ3) is 3.18. The van der Waals surface area contributed by atoms with Crippen molar-refractivity contribution in [1.29, 1.82) is 0 Å². The van der Waals surface area contributed by atoms with Crippen LogP contribution in [-0.2, 0) is 0 Å². The number of nitrogens with two attached hydrogens (primary N) is 1. The molecule has 15 heavy (non-hydrogen) atoms. The first-order valence-electron chi connectivity index (χ1n) is 6.61. The summed E-state index contributed by atoms with van der Waals surface area (Å²) in [5.41, 5.74) is 6.24. The number of hydrogen-bond donors (Lipinski definition) is 1. The van der Waals surface area contributed by atoms with Gasteiger partial charge in [0.2, 0.25) is 0 Å². The van der Waals surface area contributed by atoms with Crippen molar-refractivity contribution >= 4 is 0 Å². The highest BCUT2D eigenvalue weighted by Gasteiger charge is 2.35. The van der Waals surface area contributed by atoms with E-state index in [1.807, 2.05) is 0 Å². The number of likely N-dealkylation sites (tertiary alicyclic amines) is 1. The Morgan fingerprint density at radius 3 is 2.60 bits per heavy atom. The zero-order chi connectivity index (χ0) is 11.3. The molecule has 0 aromatic rings. The molecule has 2 heteroatoms. The SMILES string of the molecule is CCCCCC(C)(CN)N1CCCC1C. The van der Waals surface area contributed by atoms with Gasteiger partial charge in [-0.15, -0.1) is 0 Å². The summed E-state index contributed by atoms with van der Waals surface area (Å²) >= 11 is 0. The van der Waals surface area contributed by atoms with E-state index in [1.165, 1.54) is 45.1 Å². The first kappa shape index (κ1) is 13.0. The van der Waals surface area contributed by atoms with Gasteiger partial charge < -0.3 is 5.73 Å². The van der Waals surface area contributed by atoms with Crippen LogP contribution in [0.15, 0.2) is 0 Å². The monoisotopic (exact) mass is 212 g/mol. The number of nitrogens with zero attached hydrogens (tertiary/aromatic N) is 1. The number of rotatable bonds is 6. The maximum Gasteiger partial charge on any atom is 0.0306 e. The molecule has 0 saturated carbocycles. The van der Waals surface area contributed by atoms with E-state index in [9.17, 15) is 0 Å². The minimum Gasteiger partial charge on any atom is -0.329 e.